The first kappa shape index (κ1) is 12.9. The van der Waals surface area contributed by atoms with Gasteiger partial charge in [-0.15, -0.1) is 0 Å². The van der Waals surface area contributed by atoms with Crippen LogP contribution in [0.2, 0.25) is 5.02 Å². The summed E-state index contributed by atoms with van der Waals surface area (Å²) in [5.41, 5.74) is 1.67. The number of imidazole rings is 1. The van der Waals surface area contributed by atoms with Crippen molar-refractivity contribution < 1.29 is 9.53 Å². The van der Waals surface area contributed by atoms with Gasteiger partial charge in [0.05, 0.1) is 23.9 Å². The van der Waals surface area contributed by atoms with E-state index in [1.165, 1.54) is 0 Å². The molecule has 0 bridgehead atoms. The Morgan fingerprint density at radius 2 is 2.33 bits per heavy atom. The molecule has 2 aromatic rings. The first-order valence-electron chi connectivity index (χ1n) is 5.68. The number of ether oxygens (including phenoxy) is 1. The van der Waals surface area contributed by atoms with E-state index >= 15 is 0 Å². The lowest BCUT2D eigenvalue weighted by atomic mass is 10.4. The standard InChI is InChI=1S/C12H14ClN3O2/c1-2-18-12(17)6-14-5-10-8-16-7-9(13)3-4-11(16)15-10/h3-4,7-8,14H,2,5-6H2,1H3. The number of esters is 1. The SMILES string of the molecule is CCOC(=O)CNCc1cn2cc(Cl)ccc2n1. The number of nitrogens with zero attached hydrogens (tertiary/aromatic N) is 2. The first-order valence-corrected chi connectivity index (χ1v) is 6.06. The maximum absolute atomic E-state index is 11.1. The van der Waals surface area contributed by atoms with Gasteiger partial charge in [-0.3, -0.25) is 4.79 Å². The van der Waals surface area contributed by atoms with Gasteiger partial charge in [0, 0.05) is 18.9 Å². The molecule has 0 fully saturated rings. The Balaban J connectivity index is 1.94. The van der Waals surface area contributed by atoms with E-state index in [0.717, 1.165) is 11.3 Å². The highest BCUT2D eigenvalue weighted by Gasteiger charge is 2.04. The normalized spacial score (nSPS) is 10.8. The Morgan fingerprint density at radius 1 is 1.50 bits per heavy atom. The maximum Gasteiger partial charge on any atom is 0.319 e. The van der Waals surface area contributed by atoms with Gasteiger partial charge in [-0.2, -0.15) is 0 Å². The molecule has 2 aromatic heterocycles. The summed E-state index contributed by atoms with van der Waals surface area (Å²) in [5.74, 6) is -0.260. The molecule has 1 N–H and O–H groups in total. The van der Waals surface area contributed by atoms with Crippen molar-refractivity contribution in [2.75, 3.05) is 13.2 Å². The summed E-state index contributed by atoms with van der Waals surface area (Å²) in [7, 11) is 0. The second kappa shape index (κ2) is 5.84. The van der Waals surface area contributed by atoms with Crippen molar-refractivity contribution in [3.05, 3.63) is 35.2 Å². The summed E-state index contributed by atoms with van der Waals surface area (Å²) in [4.78, 5) is 15.5. The first-order chi connectivity index (χ1) is 8.69. The molecule has 6 heteroatoms. The van der Waals surface area contributed by atoms with Crippen LogP contribution in [0.4, 0.5) is 0 Å². The van der Waals surface area contributed by atoms with Gasteiger partial charge in [0.15, 0.2) is 0 Å². The summed E-state index contributed by atoms with van der Waals surface area (Å²) >= 11 is 5.88. The number of carbonyl (C=O) groups is 1. The van der Waals surface area contributed by atoms with E-state index < -0.39 is 0 Å². The van der Waals surface area contributed by atoms with Gasteiger partial charge in [0.25, 0.3) is 0 Å². The smallest absolute Gasteiger partial charge is 0.319 e. The van der Waals surface area contributed by atoms with Crippen LogP contribution in [0.3, 0.4) is 0 Å². The monoisotopic (exact) mass is 267 g/mol. The molecule has 18 heavy (non-hydrogen) atoms. The second-order valence-corrected chi connectivity index (χ2v) is 4.19. The average Bonchev–Trinajstić information content (AvgIpc) is 2.71. The number of halogens is 1. The minimum atomic E-state index is -0.260. The van der Waals surface area contributed by atoms with E-state index in [0.29, 0.717) is 18.2 Å². The molecule has 0 atom stereocenters. The lowest BCUT2D eigenvalue weighted by molar-refractivity contribution is -0.142. The topological polar surface area (TPSA) is 55.6 Å². The van der Waals surface area contributed by atoms with Gasteiger partial charge in [-0.25, -0.2) is 4.98 Å². The minimum absolute atomic E-state index is 0.183. The van der Waals surface area contributed by atoms with E-state index in [4.69, 9.17) is 16.3 Å². The summed E-state index contributed by atoms with van der Waals surface area (Å²) < 4.78 is 6.66. The van der Waals surface area contributed by atoms with Gasteiger partial charge in [0.2, 0.25) is 0 Å². The Morgan fingerprint density at radius 3 is 3.11 bits per heavy atom. The number of nitrogens with one attached hydrogen (secondary N) is 1. The molecule has 0 aliphatic rings. The van der Waals surface area contributed by atoms with Gasteiger partial charge >= 0.3 is 5.97 Å². The highest BCUT2D eigenvalue weighted by atomic mass is 35.5. The molecule has 0 radical (unpaired) electrons. The van der Waals surface area contributed by atoms with Crippen molar-refractivity contribution in [1.82, 2.24) is 14.7 Å². The predicted octanol–water partition coefficient (Wildman–Crippen LogP) is 1.64. The van der Waals surface area contributed by atoms with Crippen molar-refractivity contribution in [2.45, 2.75) is 13.5 Å². The van der Waals surface area contributed by atoms with Crippen molar-refractivity contribution in [2.24, 2.45) is 0 Å². The molecule has 2 rings (SSSR count). The molecule has 0 spiro atoms. The molecule has 0 amide bonds. The van der Waals surface area contributed by atoms with Crippen LogP contribution in [-0.2, 0) is 16.1 Å². The van der Waals surface area contributed by atoms with Crippen LogP contribution in [0, 0.1) is 0 Å². The number of hydrogen-bond acceptors (Lipinski definition) is 4. The summed E-state index contributed by atoms with van der Waals surface area (Å²) in [6, 6.07) is 3.64. The van der Waals surface area contributed by atoms with Crippen molar-refractivity contribution >= 4 is 23.2 Å². The average molecular weight is 268 g/mol. The third-order valence-electron chi connectivity index (χ3n) is 2.35. The molecular weight excluding hydrogens is 254 g/mol. The zero-order valence-electron chi connectivity index (χ0n) is 10.0. The fourth-order valence-corrected chi connectivity index (χ4v) is 1.78. The Hall–Kier alpha value is -1.59. The van der Waals surface area contributed by atoms with Crippen LogP contribution in [0.5, 0.6) is 0 Å². The minimum Gasteiger partial charge on any atom is -0.465 e. The van der Waals surface area contributed by atoms with E-state index in [-0.39, 0.29) is 12.5 Å². The van der Waals surface area contributed by atoms with Crippen LogP contribution in [0.15, 0.2) is 24.5 Å². The quantitative estimate of drug-likeness (QED) is 0.837. The van der Waals surface area contributed by atoms with Gasteiger partial charge in [-0.05, 0) is 19.1 Å². The number of pyridine rings is 1. The van der Waals surface area contributed by atoms with E-state index in [9.17, 15) is 4.79 Å². The molecule has 0 aliphatic carbocycles. The number of hydrogen-bond donors (Lipinski definition) is 1. The highest BCUT2D eigenvalue weighted by Crippen LogP contribution is 2.11. The van der Waals surface area contributed by atoms with Gasteiger partial charge < -0.3 is 14.5 Å². The zero-order chi connectivity index (χ0) is 13.0. The number of fused-ring (bicyclic) bond motifs is 1. The number of rotatable bonds is 5. The fourth-order valence-electron chi connectivity index (χ4n) is 1.61. The summed E-state index contributed by atoms with van der Waals surface area (Å²) in [6.45, 7) is 2.87. The maximum atomic E-state index is 11.1. The predicted molar refractivity (Wildman–Crippen MR) is 68.5 cm³/mol. The largest absolute Gasteiger partial charge is 0.465 e. The Kier molecular flexibility index (Phi) is 4.17. The van der Waals surface area contributed by atoms with Crippen LogP contribution in [-0.4, -0.2) is 28.5 Å². The molecule has 96 valence electrons. The highest BCUT2D eigenvalue weighted by molar-refractivity contribution is 6.30. The number of carbonyl (C=O) groups excluding carboxylic acids is 1. The summed E-state index contributed by atoms with van der Waals surface area (Å²) in [6.07, 6.45) is 3.66. The third-order valence-corrected chi connectivity index (χ3v) is 2.57. The molecule has 0 aromatic carbocycles. The van der Waals surface area contributed by atoms with E-state index in [1.807, 2.05) is 16.7 Å². The van der Waals surface area contributed by atoms with Crippen LogP contribution in [0.25, 0.3) is 5.65 Å². The molecule has 0 saturated carbocycles. The van der Waals surface area contributed by atoms with Crippen molar-refractivity contribution in [3.8, 4) is 0 Å². The van der Waals surface area contributed by atoms with Crippen LogP contribution >= 0.6 is 11.6 Å². The number of aromatic nitrogens is 2. The lowest BCUT2D eigenvalue weighted by Gasteiger charge is -2.01. The third kappa shape index (κ3) is 3.21. The van der Waals surface area contributed by atoms with Crippen molar-refractivity contribution in [3.63, 3.8) is 0 Å². The molecule has 5 nitrogen and oxygen atoms in total. The Bertz CT molecular complexity index is 553. The van der Waals surface area contributed by atoms with E-state index in [2.05, 4.69) is 10.3 Å². The molecule has 0 saturated heterocycles. The van der Waals surface area contributed by atoms with Crippen LogP contribution in [0.1, 0.15) is 12.6 Å². The Labute approximate surface area is 110 Å². The fraction of sp³-hybridized carbons (Fsp3) is 0.333. The zero-order valence-corrected chi connectivity index (χ0v) is 10.8. The van der Waals surface area contributed by atoms with Crippen LogP contribution < -0.4 is 5.32 Å². The second-order valence-electron chi connectivity index (χ2n) is 3.75. The lowest BCUT2D eigenvalue weighted by Crippen LogP contribution is -2.24. The van der Waals surface area contributed by atoms with Gasteiger partial charge in [0.1, 0.15) is 5.65 Å². The van der Waals surface area contributed by atoms with Gasteiger partial charge in [-0.1, -0.05) is 11.6 Å². The molecule has 0 aliphatic heterocycles. The summed E-state index contributed by atoms with van der Waals surface area (Å²) in [5, 5.41) is 3.64. The molecular formula is C12H14ClN3O2. The van der Waals surface area contributed by atoms with E-state index in [1.54, 1.807) is 19.2 Å². The van der Waals surface area contributed by atoms with Crippen molar-refractivity contribution in [1.29, 1.82) is 0 Å². The molecule has 0 unspecified atom stereocenters. The molecule has 2 heterocycles.